The summed E-state index contributed by atoms with van der Waals surface area (Å²) in [6, 6.07) is 12.3. The topological polar surface area (TPSA) is 77.6 Å². The second-order valence-corrected chi connectivity index (χ2v) is 6.87. The molecule has 0 radical (unpaired) electrons. The molecular weight excluding hydrogens is 378 g/mol. The van der Waals surface area contributed by atoms with Gasteiger partial charge in [-0.1, -0.05) is 12.1 Å². The van der Waals surface area contributed by atoms with Gasteiger partial charge in [0.05, 0.1) is 36.1 Å². The number of ether oxygens (including phenoxy) is 3. The number of nitrogens with one attached hydrogen (secondary N) is 1. The zero-order valence-corrected chi connectivity index (χ0v) is 16.5. The van der Waals surface area contributed by atoms with Crippen molar-refractivity contribution in [2.45, 2.75) is 0 Å². The lowest BCUT2D eigenvalue weighted by atomic mass is 10.1. The molecule has 0 unspecified atom stereocenters. The van der Waals surface area contributed by atoms with Gasteiger partial charge in [0.1, 0.15) is 17.2 Å². The van der Waals surface area contributed by atoms with E-state index in [2.05, 4.69) is 4.98 Å². The average Bonchev–Trinajstić information content (AvgIpc) is 3.05. The van der Waals surface area contributed by atoms with Gasteiger partial charge in [-0.3, -0.25) is 9.59 Å². The number of carbonyl (C=O) groups excluding carboxylic acids is 1. The highest BCUT2D eigenvalue weighted by Gasteiger charge is 2.09. The number of Topliss-reactive ketones (excluding diaryl/α,β-unsaturated/α-hetero) is 1. The number of ketones is 1. The quantitative estimate of drug-likeness (QED) is 0.644. The van der Waals surface area contributed by atoms with Gasteiger partial charge < -0.3 is 19.2 Å². The maximum Gasteiger partial charge on any atom is 0.266 e. The van der Waals surface area contributed by atoms with Crippen LogP contribution in [-0.2, 0) is 0 Å². The molecule has 0 aliphatic heterocycles. The van der Waals surface area contributed by atoms with Crippen molar-refractivity contribution >= 4 is 29.3 Å². The summed E-state index contributed by atoms with van der Waals surface area (Å²) in [5.41, 5.74) is 0.916. The van der Waals surface area contributed by atoms with Crippen molar-refractivity contribution in [3.8, 4) is 17.2 Å². The maximum atomic E-state index is 12.5. The molecular formula is C21H19NO5S. The van der Waals surface area contributed by atoms with Crippen molar-refractivity contribution in [2.24, 2.45) is 0 Å². The van der Waals surface area contributed by atoms with E-state index in [1.807, 2.05) is 0 Å². The molecule has 0 fully saturated rings. The van der Waals surface area contributed by atoms with Crippen LogP contribution in [0.1, 0.15) is 15.9 Å². The Bertz CT molecular complexity index is 1150. The van der Waals surface area contributed by atoms with E-state index >= 15 is 0 Å². The van der Waals surface area contributed by atoms with Crippen molar-refractivity contribution < 1.29 is 19.0 Å². The summed E-state index contributed by atoms with van der Waals surface area (Å²) in [4.78, 5) is 27.6. The fraction of sp³-hybridized carbons (Fsp3) is 0.143. The van der Waals surface area contributed by atoms with Gasteiger partial charge in [0.25, 0.3) is 5.56 Å². The van der Waals surface area contributed by atoms with E-state index in [9.17, 15) is 9.59 Å². The minimum absolute atomic E-state index is 0.246. The minimum atomic E-state index is -0.272. The summed E-state index contributed by atoms with van der Waals surface area (Å²) in [5.74, 6) is 1.48. The zero-order chi connectivity index (χ0) is 20.1. The SMILES string of the molecule is COc1cc(/C=c2\s/c(=C\C(=O)c3ccccc3OC)[nH]c2=O)cc(OC)c1. The molecule has 0 saturated heterocycles. The van der Waals surface area contributed by atoms with E-state index in [1.165, 1.54) is 24.5 Å². The van der Waals surface area contributed by atoms with Crippen LogP contribution in [0, 0.1) is 0 Å². The first-order chi connectivity index (χ1) is 13.5. The lowest BCUT2D eigenvalue weighted by molar-refractivity contribution is 0.105. The molecule has 2 aromatic carbocycles. The Balaban J connectivity index is 2.02. The molecule has 7 heteroatoms. The normalized spacial score (nSPS) is 12.1. The van der Waals surface area contributed by atoms with Crippen LogP contribution in [0.5, 0.6) is 17.2 Å². The molecule has 0 saturated carbocycles. The Morgan fingerprint density at radius 1 is 1.00 bits per heavy atom. The second-order valence-electron chi connectivity index (χ2n) is 5.78. The number of benzene rings is 2. The molecule has 0 aliphatic rings. The first kappa shape index (κ1) is 19.4. The summed E-state index contributed by atoms with van der Waals surface area (Å²) in [6.07, 6.45) is 3.12. The first-order valence-electron chi connectivity index (χ1n) is 8.37. The third-order valence-electron chi connectivity index (χ3n) is 3.99. The summed E-state index contributed by atoms with van der Waals surface area (Å²) in [6.45, 7) is 0. The van der Waals surface area contributed by atoms with Crippen LogP contribution in [0.15, 0.2) is 47.3 Å². The van der Waals surface area contributed by atoms with Gasteiger partial charge in [-0.25, -0.2) is 0 Å². The summed E-state index contributed by atoms with van der Waals surface area (Å²) in [5, 5.41) is 0. The summed E-state index contributed by atoms with van der Waals surface area (Å²) >= 11 is 1.20. The highest BCUT2D eigenvalue weighted by atomic mass is 32.1. The number of aromatic nitrogens is 1. The fourth-order valence-electron chi connectivity index (χ4n) is 2.63. The van der Waals surface area contributed by atoms with Gasteiger partial charge in [-0.05, 0) is 35.9 Å². The van der Waals surface area contributed by atoms with E-state index in [1.54, 1.807) is 62.8 Å². The predicted molar refractivity (Wildman–Crippen MR) is 109 cm³/mol. The van der Waals surface area contributed by atoms with Crippen molar-refractivity contribution in [3.05, 3.63) is 73.1 Å². The molecule has 1 N–H and O–H groups in total. The maximum absolute atomic E-state index is 12.5. The molecule has 28 heavy (non-hydrogen) atoms. The monoisotopic (exact) mass is 397 g/mol. The Morgan fingerprint density at radius 2 is 1.68 bits per heavy atom. The Kier molecular flexibility index (Phi) is 5.96. The third-order valence-corrected chi connectivity index (χ3v) is 4.95. The van der Waals surface area contributed by atoms with Gasteiger partial charge >= 0.3 is 0 Å². The van der Waals surface area contributed by atoms with Crippen molar-refractivity contribution in [1.82, 2.24) is 4.98 Å². The minimum Gasteiger partial charge on any atom is -0.497 e. The zero-order valence-electron chi connectivity index (χ0n) is 15.6. The second kappa shape index (κ2) is 8.58. The number of methoxy groups -OCH3 is 3. The molecule has 3 rings (SSSR count). The van der Waals surface area contributed by atoms with E-state index in [0.717, 1.165) is 5.56 Å². The van der Waals surface area contributed by atoms with Gasteiger partial charge in [-0.15, -0.1) is 11.3 Å². The van der Waals surface area contributed by atoms with Gasteiger partial charge in [0.2, 0.25) is 0 Å². The standard InChI is InChI=1S/C21H19NO5S/c1-25-14-8-13(9-15(11-14)26-2)10-19-21(24)22-20(28-19)12-17(23)16-6-4-5-7-18(16)27-3/h4-12H,1-3H3,(H,22,24)/b19-10-,20-12-. The fourth-order valence-corrected chi connectivity index (χ4v) is 3.52. The third kappa shape index (κ3) is 4.32. The highest BCUT2D eigenvalue weighted by molar-refractivity contribution is 7.07. The number of hydrogen-bond donors (Lipinski definition) is 1. The molecule has 0 spiro atoms. The van der Waals surface area contributed by atoms with E-state index in [-0.39, 0.29) is 11.3 Å². The Labute approximate surface area is 165 Å². The van der Waals surface area contributed by atoms with E-state index in [0.29, 0.717) is 32.0 Å². The number of hydrogen-bond acceptors (Lipinski definition) is 6. The molecule has 0 bridgehead atoms. The molecule has 0 amide bonds. The van der Waals surface area contributed by atoms with Crippen molar-refractivity contribution in [3.63, 3.8) is 0 Å². The van der Waals surface area contributed by atoms with Crippen LogP contribution in [0.4, 0.5) is 0 Å². The molecule has 0 atom stereocenters. The average molecular weight is 397 g/mol. The lowest BCUT2D eigenvalue weighted by Crippen LogP contribution is -2.20. The van der Waals surface area contributed by atoms with Crippen LogP contribution < -0.4 is 29.0 Å². The number of para-hydroxylation sites is 1. The molecule has 144 valence electrons. The highest BCUT2D eigenvalue weighted by Crippen LogP contribution is 2.22. The Hall–Kier alpha value is -3.32. The van der Waals surface area contributed by atoms with Crippen LogP contribution >= 0.6 is 11.3 Å². The molecule has 0 aliphatic carbocycles. The van der Waals surface area contributed by atoms with E-state index in [4.69, 9.17) is 14.2 Å². The van der Waals surface area contributed by atoms with Crippen molar-refractivity contribution in [2.75, 3.05) is 21.3 Å². The smallest absolute Gasteiger partial charge is 0.266 e. The lowest BCUT2D eigenvalue weighted by Gasteiger charge is -2.05. The van der Waals surface area contributed by atoms with Gasteiger partial charge in [0.15, 0.2) is 5.78 Å². The van der Waals surface area contributed by atoms with E-state index < -0.39 is 0 Å². The molecule has 3 aromatic rings. The number of rotatable bonds is 6. The van der Waals surface area contributed by atoms with Crippen LogP contribution in [0.25, 0.3) is 12.2 Å². The summed E-state index contributed by atoms with van der Waals surface area (Å²) < 4.78 is 16.6. The van der Waals surface area contributed by atoms with Gasteiger partial charge in [-0.2, -0.15) is 0 Å². The number of thiazole rings is 1. The number of carbonyl (C=O) groups is 1. The predicted octanol–water partition coefficient (Wildman–Crippen LogP) is 1.95. The molecule has 1 aromatic heterocycles. The Morgan fingerprint density at radius 3 is 2.32 bits per heavy atom. The van der Waals surface area contributed by atoms with Crippen LogP contribution in [0.3, 0.4) is 0 Å². The van der Waals surface area contributed by atoms with Crippen LogP contribution in [-0.4, -0.2) is 32.1 Å². The number of aromatic amines is 1. The van der Waals surface area contributed by atoms with Crippen molar-refractivity contribution in [1.29, 1.82) is 0 Å². The summed E-state index contributed by atoms with van der Waals surface area (Å²) in [7, 11) is 4.63. The van der Waals surface area contributed by atoms with Crippen LogP contribution in [0.2, 0.25) is 0 Å². The molecule has 1 heterocycles. The largest absolute Gasteiger partial charge is 0.497 e. The van der Waals surface area contributed by atoms with Gasteiger partial charge in [0, 0.05) is 12.1 Å². The number of H-pyrrole nitrogens is 1. The molecule has 6 nitrogen and oxygen atoms in total. The first-order valence-corrected chi connectivity index (χ1v) is 9.18.